The minimum atomic E-state index is -1.02. The molecule has 8 nitrogen and oxygen atoms in total. The lowest BCUT2D eigenvalue weighted by molar-refractivity contribution is -0.142. The molecule has 2 aromatic carbocycles. The van der Waals surface area contributed by atoms with Crippen molar-refractivity contribution in [3.05, 3.63) is 73.8 Å². The fourth-order valence-electron chi connectivity index (χ4n) is 2.57. The molecule has 0 saturated carbocycles. The Labute approximate surface area is 186 Å². The van der Waals surface area contributed by atoms with E-state index >= 15 is 0 Å². The van der Waals surface area contributed by atoms with E-state index in [0.717, 1.165) is 12.2 Å². The standard InChI is InChI=1S/C24H26O8/c1-3-23(27)31-15-17(25)13-29-21-11-7-5-9-19(21)20-10-6-8-12-22(20)30-14-18(26)16-32-24(28)4-2/h3-12,17-18,25-26H,1-2,13-16H2. The first kappa shape index (κ1) is 24.6. The van der Waals surface area contributed by atoms with Crippen LogP contribution in [0.4, 0.5) is 0 Å². The zero-order chi connectivity index (χ0) is 23.3. The lowest BCUT2D eigenvalue weighted by Crippen LogP contribution is -2.25. The second-order valence-corrected chi connectivity index (χ2v) is 6.59. The molecule has 2 N–H and O–H groups in total. The molecule has 2 rings (SSSR count). The van der Waals surface area contributed by atoms with Crippen LogP contribution in [-0.4, -0.2) is 60.8 Å². The second-order valence-electron chi connectivity index (χ2n) is 6.59. The van der Waals surface area contributed by atoms with Crippen LogP contribution < -0.4 is 9.47 Å². The highest BCUT2D eigenvalue weighted by Gasteiger charge is 2.15. The number of hydrogen-bond donors (Lipinski definition) is 2. The summed E-state index contributed by atoms with van der Waals surface area (Å²) in [5.41, 5.74) is 1.40. The number of para-hydroxylation sites is 2. The zero-order valence-corrected chi connectivity index (χ0v) is 17.5. The smallest absolute Gasteiger partial charge is 0.330 e. The van der Waals surface area contributed by atoms with Crippen molar-refractivity contribution in [2.75, 3.05) is 26.4 Å². The number of rotatable bonds is 13. The molecule has 0 heterocycles. The predicted octanol–water partition coefficient (Wildman–Crippen LogP) is 2.29. The van der Waals surface area contributed by atoms with E-state index in [1.54, 1.807) is 24.3 Å². The molecule has 0 fully saturated rings. The average molecular weight is 442 g/mol. The molecule has 0 aliphatic heterocycles. The molecule has 0 aliphatic rings. The Morgan fingerprint density at radius 1 is 0.719 bits per heavy atom. The van der Waals surface area contributed by atoms with Crippen molar-refractivity contribution in [1.82, 2.24) is 0 Å². The minimum absolute atomic E-state index is 0.0994. The maximum Gasteiger partial charge on any atom is 0.330 e. The number of carbonyl (C=O) groups excluding carboxylic acids is 2. The van der Waals surface area contributed by atoms with E-state index < -0.39 is 24.1 Å². The molecule has 0 saturated heterocycles. The molecule has 8 heteroatoms. The van der Waals surface area contributed by atoms with Crippen LogP contribution in [0.5, 0.6) is 11.5 Å². The van der Waals surface area contributed by atoms with Gasteiger partial charge in [-0.25, -0.2) is 9.59 Å². The van der Waals surface area contributed by atoms with Gasteiger partial charge in [0, 0.05) is 23.3 Å². The van der Waals surface area contributed by atoms with Gasteiger partial charge in [-0.2, -0.15) is 0 Å². The van der Waals surface area contributed by atoms with Gasteiger partial charge in [0.05, 0.1) is 0 Å². The highest BCUT2D eigenvalue weighted by atomic mass is 16.6. The summed E-state index contributed by atoms with van der Waals surface area (Å²) in [5.74, 6) is -0.287. The monoisotopic (exact) mass is 442 g/mol. The zero-order valence-electron chi connectivity index (χ0n) is 17.5. The Bertz CT molecular complexity index is 848. The number of benzene rings is 2. The van der Waals surface area contributed by atoms with Crippen LogP contribution in [0, 0.1) is 0 Å². The van der Waals surface area contributed by atoms with Gasteiger partial charge in [0.15, 0.2) is 0 Å². The van der Waals surface area contributed by atoms with Gasteiger partial charge in [-0.1, -0.05) is 49.6 Å². The summed E-state index contributed by atoms with van der Waals surface area (Å²) in [6.45, 7) is 5.94. The van der Waals surface area contributed by atoms with Crippen molar-refractivity contribution in [1.29, 1.82) is 0 Å². The van der Waals surface area contributed by atoms with E-state index in [1.165, 1.54) is 0 Å². The summed E-state index contributed by atoms with van der Waals surface area (Å²) in [4.78, 5) is 22.2. The van der Waals surface area contributed by atoms with Gasteiger partial charge >= 0.3 is 11.9 Å². The van der Waals surface area contributed by atoms with E-state index in [4.69, 9.17) is 18.9 Å². The fraction of sp³-hybridized carbons (Fsp3) is 0.250. The number of hydrogen-bond acceptors (Lipinski definition) is 8. The lowest BCUT2D eigenvalue weighted by Gasteiger charge is -2.18. The van der Waals surface area contributed by atoms with Crippen LogP contribution in [0.3, 0.4) is 0 Å². The van der Waals surface area contributed by atoms with Crippen LogP contribution in [0.2, 0.25) is 0 Å². The number of aliphatic hydroxyl groups excluding tert-OH is 2. The normalized spacial score (nSPS) is 12.2. The topological polar surface area (TPSA) is 112 Å². The molecule has 0 spiro atoms. The quantitative estimate of drug-likeness (QED) is 0.359. The van der Waals surface area contributed by atoms with E-state index in [2.05, 4.69) is 13.2 Å². The SMILES string of the molecule is C=CC(=O)OCC(O)COc1ccccc1-c1ccccc1OCC(O)COC(=O)C=C. The maximum absolute atomic E-state index is 11.1. The summed E-state index contributed by atoms with van der Waals surface area (Å²) in [6, 6.07) is 14.3. The summed E-state index contributed by atoms with van der Waals surface area (Å²) < 4.78 is 21.1. The molecule has 0 amide bonds. The third-order valence-corrected chi connectivity index (χ3v) is 4.10. The van der Waals surface area contributed by atoms with Gasteiger partial charge in [0.2, 0.25) is 0 Å². The van der Waals surface area contributed by atoms with Crippen molar-refractivity contribution >= 4 is 11.9 Å². The van der Waals surface area contributed by atoms with Crippen molar-refractivity contribution in [2.45, 2.75) is 12.2 Å². The maximum atomic E-state index is 11.1. The van der Waals surface area contributed by atoms with Crippen LogP contribution in [0.15, 0.2) is 73.8 Å². The molecule has 170 valence electrons. The fourth-order valence-corrected chi connectivity index (χ4v) is 2.57. The van der Waals surface area contributed by atoms with E-state index in [-0.39, 0.29) is 26.4 Å². The predicted molar refractivity (Wildman–Crippen MR) is 117 cm³/mol. The van der Waals surface area contributed by atoms with E-state index in [0.29, 0.717) is 22.6 Å². The molecule has 0 bridgehead atoms. The highest BCUT2D eigenvalue weighted by molar-refractivity contribution is 5.81. The molecule has 2 aromatic rings. The van der Waals surface area contributed by atoms with Crippen LogP contribution in [-0.2, 0) is 19.1 Å². The lowest BCUT2D eigenvalue weighted by atomic mass is 10.0. The molecular formula is C24H26O8. The van der Waals surface area contributed by atoms with Gasteiger partial charge in [0.1, 0.15) is 50.1 Å². The third-order valence-electron chi connectivity index (χ3n) is 4.10. The second kappa shape index (κ2) is 12.9. The summed E-state index contributed by atoms with van der Waals surface area (Å²) in [6.07, 6.45) is -0.0147. The van der Waals surface area contributed by atoms with Gasteiger partial charge in [-0.3, -0.25) is 0 Å². The van der Waals surface area contributed by atoms with Crippen LogP contribution in [0.25, 0.3) is 11.1 Å². The third kappa shape index (κ3) is 7.90. The number of aliphatic hydroxyl groups is 2. The number of ether oxygens (including phenoxy) is 4. The molecular weight excluding hydrogens is 416 g/mol. The summed E-state index contributed by atoms with van der Waals surface area (Å²) >= 11 is 0. The van der Waals surface area contributed by atoms with Crippen LogP contribution in [0.1, 0.15) is 0 Å². The molecule has 0 aliphatic carbocycles. The summed E-state index contributed by atoms with van der Waals surface area (Å²) in [7, 11) is 0. The molecule has 32 heavy (non-hydrogen) atoms. The first-order valence-corrected chi connectivity index (χ1v) is 9.83. The van der Waals surface area contributed by atoms with Gasteiger partial charge in [-0.05, 0) is 12.1 Å². The first-order valence-electron chi connectivity index (χ1n) is 9.83. The van der Waals surface area contributed by atoms with E-state index in [9.17, 15) is 19.8 Å². The molecule has 0 radical (unpaired) electrons. The Morgan fingerprint density at radius 3 is 1.47 bits per heavy atom. The average Bonchev–Trinajstić information content (AvgIpc) is 2.83. The largest absolute Gasteiger partial charge is 0.490 e. The first-order chi connectivity index (χ1) is 15.4. The Hall–Kier alpha value is -3.62. The molecule has 2 atom stereocenters. The summed E-state index contributed by atoms with van der Waals surface area (Å²) in [5, 5.41) is 20.0. The van der Waals surface area contributed by atoms with Crippen LogP contribution >= 0.6 is 0 Å². The Balaban J connectivity index is 2.06. The Kier molecular flexibility index (Phi) is 9.96. The van der Waals surface area contributed by atoms with Crippen molar-refractivity contribution in [3.63, 3.8) is 0 Å². The minimum Gasteiger partial charge on any atom is -0.490 e. The Morgan fingerprint density at radius 2 is 1.09 bits per heavy atom. The molecule has 0 aromatic heterocycles. The number of esters is 2. The van der Waals surface area contributed by atoms with Gasteiger partial charge in [-0.15, -0.1) is 0 Å². The van der Waals surface area contributed by atoms with Crippen molar-refractivity contribution in [3.8, 4) is 22.6 Å². The van der Waals surface area contributed by atoms with Gasteiger partial charge < -0.3 is 29.2 Å². The molecule has 2 unspecified atom stereocenters. The number of carbonyl (C=O) groups is 2. The van der Waals surface area contributed by atoms with Crippen molar-refractivity contribution in [2.24, 2.45) is 0 Å². The van der Waals surface area contributed by atoms with Gasteiger partial charge in [0.25, 0.3) is 0 Å². The van der Waals surface area contributed by atoms with E-state index in [1.807, 2.05) is 24.3 Å². The highest BCUT2D eigenvalue weighted by Crippen LogP contribution is 2.36. The van der Waals surface area contributed by atoms with Crippen molar-refractivity contribution < 1.29 is 38.7 Å².